The third kappa shape index (κ3) is 7.05. The summed E-state index contributed by atoms with van der Waals surface area (Å²) in [6.07, 6.45) is 4.08. The second kappa shape index (κ2) is 12.8. The Labute approximate surface area is 218 Å². The van der Waals surface area contributed by atoms with Crippen LogP contribution < -0.4 is 0 Å². The number of esters is 2. The predicted molar refractivity (Wildman–Crippen MR) is 144 cm³/mol. The SMILES string of the molecule is C=CC[C@@H]1O[C@H](C[C@@H](COC(=O)c2ccccc2)OC(=O)c2ccccc2)[C@H](C)/C1=C\c1ccccc1. The van der Waals surface area contributed by atoms with Crippen LogP contribution >= 0.6 is 0 Å². The highest BCUT2D eigenvalue weighted by Crippen LogP contribution is 2.37. The Balaban J connectivity index is 1.51. The van der Waals surface area contributed by atoms with Gasteiger partial charge in [-0.3, -0.25) is 0 Å². The molecule has 0 amide bonds. The van der Waals surface area contributed by atoms with Crippen LogP contribution in [0.15, 0.2) is 109 Å². The molecule has 1 aliphatic rings. The van der Waals surface area contributed by atoms with Crippen LogP contribution in [0, 0.1) is 5.92 Å². The summed E-state index contributed by atoms with van der Waals surface area (Å²) >= 11 is 0. The molecule has 0 unspecified atom stereocenters. The van der Waals surface area contributed by atoms with E-state index in [0.717, 1.165) is 5.56 Å². The van der Waals surface area contributed by atoms with Gasteiger partial charge in [0, 0.05) is 12.3 Å². The van der Waals surface area contributed by atoms with Crippen LogP contribution in [0.3, 0.4) is 0 Å². The Morgan fingerprint density at radius 3 is 2.05 bits per heavy atom. The van der Waals surface area contributed by atoms with Crippen LogP contribution in [0.25, 0.3) is 6.08 Å². The van der Waals surface area contributed by atoms with E-state index in [1.54, 1.807) is 48.5 Å². The van der Waals surface area contributed by atoms with Crippen molar-refractivity contribution in [3.63, 3.8) is 0 Å². The van der Waals surface area contributed by atoms with E-state index in [1.165, 1.54) is 5.57 Å². The van der Waals surface area contributed by atoms with Crippen molar-refractivity contribution in [1.82, 2.24) is 0 Å². The maximum atomic E-state index is 12.9. The number of ether oxygens (including phenoxy) is 3. The summed E-state index contributed by atoms with van der Waals surface area (Å²) in [6, 6.07) is 27.7. The first-order valence-corrected chi connectivity index (χ1v) is 12.6. The number of hydrogen-bond acceptors (Lipinski definition) is 5. The topological polar surface area (TPSA) is 61.8 Å². The zero-order chi connectivity index (χ0) is 26.0. The lowest BCUT2D eigenvalue weighted by Crippen LogP contribution is -2.31. The molecule has 0 aromatic heterocycles. The summed E-state index contributed by atoms with van der Waals surface area (Å²) in [5.41, 5.74) is 3.16. The second-order valence-corrected chi connectivity index (χ2v) is 9.12. The standard InChI is InChI=1S/C32H32O5/c1-3-13-29-28(20-24-14-7-4-8-15-24)23(2)30(37-29)21-27(36-32(34)26-18-11-6-12-19-26)22-35-31(33)25-16-9-5-10-17-25/h3-12,14-20,23,27,29-30H,1,13,21-22H2,2H3/b28-20+/t23-,27+,29+,30-/m1/s1. The first-order chi connectivity index (χ1) is 18.0. The molecule has 1 heterocycles. The number of rotatable bonds is 10. The van der Waals surface area contributed by atoms with Gasteiger partial charge in [0.25, 0.3) is 0 Å². The molecule has 3 aromatic carbocycles. The molecule has 0 N–H and O–H groups in total. The number of carbonyl (C=O) groups excluding carboxylic acids is 2. The molecule has 0 radical (unpaired) electrons. The van der Waals surface area contributed by atoms with Crippen molar-refractivity contribution >= 4 is 18.0 Å². The molecule has 5 nitrogen and oxygen atoms in total. The van der Waals surface area contributed by atoms with Crippen molar-refractivity contribution < 1.29 is 23.8 Å². The van der Waals surface area contributed by atoms with E-state index >= 15 is 0 Å². The molecule has 0 spiro atoms. The maximum absolute atomic E-state index is 12.9. The van der Waals surface area contributed by atoms with Gasteiger partial charge >= 0.3 is 11.9 Å². The predicted octanol–water partition coefficient (Wildman–Crippen LogP) is 6.52. The van der Waals surface area contributed by atoms with Gasteiger partial charge in [0.2, 0.25) is 0 Å². The average Bonchev–Trinajstić information content (AvgIpc) is 3.22. The van der Waals surface area contributed by atoms with Crippen LogP contribution in [-0.2, 0) is 14.2 Å². The van der Waals surface area contributed by atoms with Gasteiger partial charge in [0.05, 0.1) is 23.3 Å². The summed E-state index contributed by atoms with van der Waals surface area (Å²) in [4.78, 5) is 25.5. The molecule has 4 rings (SSSR count). The Kier molecular flexibility index (Phi) is 9.06. The lowest BCUT2D eigenvalue weighted by molar-refractivity contribution is -0.0329. The number of carbonyl (C=O) groups is 2. The van der Waals surface area contributed by atoms with Gasteiger partial charge < -0.3 is 14.2 Å². The Morgan fingerprint density at radius 2 is 1.46 bits per heavy atom. The summed E-state index contributed by atoms with van der Waals surface area (Å²) in [7, 11) is 0. The summed E-state index contributed by atoms with van der Waals surface area (Å²) in [5.74, 6) is -0.849. The highest BCUT2D eigenvalue weighted by Gasteiger charge is 2.38. The fraction of sp³-hybridized carbons (Fsp3) is 0.250. The minimum absolute atomic E-state index is 0.0667. The maximum Gasteiger partial charge on any atom is 0.338 e. The van der Waals surface area contributed by atoms with Crippen LogP contribution in [0.5, 0.6) is 0 Å². The van der Waals surface area contributed by atoms with Gasteiger partial charge in [-0.15, -0.1) is 6.58 Å². The van der Waals surface area contributed by atoms with Crippen molar-refractivity contribution in [2.45, 2.75) is 38.1 Å². The zero-order valence-corrected chi connectivity index (χ0v) is 21.0. The van der Waals surface area contributed by atoms with Crippen molar-refractivity contribution in [3.8, 4) is 0 Å². The van der Waals surface area contributed by atoms with E-state index in [-0.39, 0.29) is 24.7 Å². The highest BCUT2D eigenvalue weighted by atomic mass is 16.6. The molecular weight excluding hydrogens is 464 g/mol. The van der Waals surface area contributed by atoms with Gasteiger partial charge in [-0.05, 0) is 41.8 Å². The smallest absolute Gasteiger partial charge is 0.338 e. The molecule has 0 aliphatic carbocycles. The first kappa shape index (κ1) is 26.1. The van der Waals surface area contributed by atoms with E-state index in [4.69, 9.17) is 14.2 Å². The van der Waals surface area contributed by atoms with Crippen LogP contribution in [0.4, 0.5) is 0 Å². The Morgan fingerprint density at radius 1 is 0.892 bits per heavy atom. The van der Waals surface area contributed by atoms with Crippen molar-refractivity contribution in [3.05, 3.63) is 126 Å². The van der Waals surface area contributed by atoms with E-state index < -0.39 is 18.0 Å². The lowest BCUT2D eigenvalue weighted by atomic mass is 9.90. The molecule has 1 aliphatic heterocycles. The molecular formula is C32H32O5. The Hall–Kier alpha value is -3.96. The number of benzene rings is 3. The van der Waals surface area contributed by atoms with E-state index in [1.807, 2.05) is 36.4 Å². The average molecular weight is 497 g/mol. The van der Waals surface area contributed by atoms with Gasteiger partial charge in [0.1, 0.15) is 12.7 Å². The van der Waals surface area contributed by atoms with E-state index in [0.29, 0.717) is 24.0 Å². The largest absolute Gasteiger partial charge is 0.458 e. The second-order valence-electron chi connectivity index (χ2n) is 9.12. The third-order valence-electron chi connectivity index (χ3n) is 6.50. The van der Waals surface area contributed by atoms with Crippen LogP contribution in [0.2, 0.25) is 0 Å². The quantitative estimate of drug-likeness (QED) is 0.236. The summed E-state index contributed by atoms with van der Waals surface area (Å²) in [5, 5.41) is 0. The molecule has 37 heavy (non-hydrogen) atoms. The lowest BCUT2D eigenvalue weighted by Gasteiger charge is -2.23. The fourth-order valence-corrected chi connectivity index (χ4v) is 4.51. The van der Waals surface area contributed by atoms with Crippen LogP contribution in [0.1, 0.15) is 46.0 Å². The van der Waals surface area contributed by atoms with Crippen molar-refractivity contribution in [2.24, 2.45) is 5.92 Å². The fourth-order valence-electron chi connectivity index (χ4n) is 4.51. The van der Waals surface area contributed by atoms with Gasteiger partial charge in [-0.1, -0.05) is 85.8 Å². The molecule has 5 heteroatoms. The first-order valence-electron chi connectivity index (χ1n) is 12.6. The number of hydrogen-bond donors (Lipinski definition) is 0. The molecule has 1 saturated heterocycles. The van der Waals surface area contributed by atoms with Gasteiger partial charge in [0.15, 0.2) is 0 Å². The van der Waals surface area contributed by atoms with Crippen LogP contribution in [-0.4, -0.2) is 36.9 Å². The minimum Gasteiger partial charge on any atom is -0.458 e. The summed E-state index contributed by atoms with van der Waals surface area (Å²) in [6.45, 7) is 5.95. The monoisotopic (exact) mass is 496 g/mol. The highest BCUT2D eigenvalue weighted by molar-refractivity contribution is 5.90. The summed E-state index contributed by atoms with van der Waals surface area (Å²) < 4.78 is 17.8. The van der Waals surface area contributed by atoms with Gasteiger partial charge in [-0.2, -0.15) is 0 Å². The molecule has 0 bridgehead atoms. The zero-order valence-electron chi connectivity index (χ0n) is 21.0. The molecule has 0 saturated carbocycles. The molecule has 190 valence electrons. The molecule has 4 atom stereocenters. The van der Waals surface area contributed by atoms with E-state index in [9.17, 15) is 9.59 Å². The Bertz CT molecular complexity index is 1200. The van der Waals surface area contributed by atoms with Crippen molar-refractivity contribution in [1.29, 1.82) is 0 Å². The molecule has 3 aromatic rings. The van der Waals surface area contributed by atoms with Gasteiger partial charge in [-0.25, -0.2) is 9.59 Å². The minimum atomic E-state index is -0.673. The van der Waals surface area contributed by atoms with E-state index in [2.05, 4.69) is 31.7 Å². The third-order valence-corrected chi connectivity index (χ3v) is 6.50. The van der Waals surface area contributed by atoms with Crippen molar-refractivity contribution in [2.75, 3.05) is 6.61 Å². The molecule has 1 fully saturated rings. The normalized spacial score (nSPS) is 20.8.